The predicted molar refractivity (Wildman–Crippen MR) is 64.5 cm³/mol. The first-order valence-electron chi connectivity index (χ1n) is 5.86. The molecule has 1 aromatic rings. The molecular formula is C12H19N3O. The molecule has 1 atom stereocenters. The van der Waals surface area contributed by atoms with E-state index >= 15 is 0 Å². The van der Waals surface area contributed by atoms with Crippen LogP contribution in [-0.4, -0.2) is 16.2 Å². The third-order valence-corrected chi connectivity index (χ3v) is 3.24. The molecule has 2 rings (SSSR count). The van der Waals surface area contributed by atoms with Gasteiger partial charge in [-0.1, -0.05) is 20.3 Å². The summed E-state index contributed by atoms with van der Waals surface area (Å²) < 4.78 is 0. The van der Waals surface area contributed by atoms with Crippen LogP contribution in [0.25, 0.3) is 0 Å². The summed E-state index contributed by atoms with van der Waals surface area (Å²) in [4.78, 5) is 11.1. The summed E-state index contributed by atoms with van der Waals surface area (Å²) in [5, 5.41) is 9.56. The quantitative estimate of drug-likeness (QED) is 0.804. The molecule has 0 radical (unpaired) electrons. The van der Waals surface area contributed by atoms with Crippen LogP contribution in [0.5, 0.6) is 0 Å². The molecule has 2 N–H and O–H groups in total. The van der Waals surface area contributed by atoms with Gasteiger partial charge in [-0.15, -0.1) is 0 Å². The maximum Gasteiger partial charge on any atom is 0.266 e. The van der Waals surface area contributed by atoms with E-state index in [1.807, 2.05) is 0 Å². The third kappa shape index (κ3) is 2.84. The first-order chi connectivity index (χ1) is 7.55. The third-order valence-electron chi connectivity index (χ3n) is 3.24. The summed E-state index contributed by atoms with van der Waals surface area (Å²) in [5.74, 6) is 0. The van der Waals surface area contributed by atoms with Crippen molar-refractivity contribution >= 4 is 5.69 Å². The van der Waals surface area contributed by atoms with Gasteiger partial charge < -0.3 is 5.32 Å². The van der Waals surface area contributed by atoms with E-state index in [1.165, 1.54) is 19.3 Å². The fourth-order valence-corrected chi connectivity index (χ4v) is 2.51. The minimum atomic E-state index is -0.153. The Balaban J connectivity index is 2.02. The number of hydrogen-bond acceptors (Lipinski definition) is 3. The lowest BCUT2D eigenvalue weighted by atomic mass is 9.75. The molecule has 1 aromatic heterocycles. The largest absolute Gasteiger partial charge is 0.381 e. The average Bonchev–Trinajstić information content (AvgIpc) is 2.15. The van der Waals surface area contributed by atoms with Crippen LogP contribution in [0, 0.1) is 5.41 Å². The smallest absolute Gasteiger partial charge is 0.266 e. The summed E-state index contributed by atoms with van der Waals surface area (Å²) >= 11 is 0. The molecule has 0 spiro atoms. The minimum absolute atomic E-state index is 0.153. The van der Waals surface area contributed by atoms with Crippen molar-refractivity contribution < 1.29 is 0 Å². The minimum Gasteiger partial charge on any atom is -0.381 e. The van der Waals surface area contributed by atoms with Crippen LogP contribution in [-0.2, 0) is 0 Å². The van der Waals surface area contributed by atoms with E-state index < -0.39 is 0 Å². The van der Waals surface area contributed by atoms with Crippen molar-refractivity contribution in [3.8, 4) is 0 Å². The Morgan fingerprint density at radius 1 is 1.56 bits per heavy atom. The average molecular weight is 221 g/mol. The van der Waals surface area contributed by atoms with Gasteiger partial charge >= 0.3 is 0 Å². The van der Waals surface area contributed by atoms with Gasteiger partial charge in [-0.25, -0.2) is 5.10 Å². The van der Waals surface area contributed by atoms with Crippen molar-refractivity contribution in [2.75, 3.05) is 5.32 Å². The standard InChI is InChI=1S/C12H19N3O/c1-12(2)5-3-4-9(7-12)14-10-6-11(16)15-13-8-10/h6,8-9H,3-5,7H2,1-2H3,(H2,14,15,16). The van der Waals surface area contributed by atoms with E-state index in [9.17, 15) is 4.79 Å². The maximum absolute atomic E-state index is 11.1. The summed E-state index contributed by atoms with van der Waals surface area (Å²) in [6, 6.07) is 2.03. The van der Waals surface area contributed by atoms with E-state index in [4.69, 9.17) is 0 Å². The van der Waals surface area contributed by atoms with Gasteiger partial charge in [0, 0.05) is 12.1 Å². The van der Waals surface area contributed by atoms with Crippen LogP contribution in [0.15, 0.2) is 17.1 Å². The van der Waals surface area contributed by atoms with Crippen LogP contribution < -0.4 is 10.9 Å². The number of nitrogens with zero attached hydrogens (tertiary/aromatic N) is 1. The van der Waals surface area contributed by atoms with Gasteiger partial charge in [-0.2, -0.15) is 5.10 Å². The van der Waals surface area contributed by atoms with Crippen LogP contribution in [0.2, 0.25) is 0 Å². The van der Waals surface area contributed by atoms with E-state index in [0.717, 1.165) is 12.1 Å². The number of H-pyrrole nitrogens is 1. The number of nitrogens with one attached hydrogen (secondary N) is 2. The molecule has 0 bridgehead atoms. The molecule has 4 heteroatoms. The van der Waals surface area contributed by atoms with E-state index in [1.54, 1.807) is 12.3 Å². The molecule has 0 aliphatic heterocycles. The molecule has 16 heavy (non-hydrogen) atoms. The Hall–Kier alpha value is -1.32. The lowest BCUT2D eigenvalue weighted by molar-refractivity contribution is 0.229. The van der Waals surface area contributed by atoms with Crippen LogP contribution >= 0.6 is 0 Å². The molecule has 88 valence electrons. The van der Waals surface area contributed by atoms with Gasteiger partial charge in [-0.05, 0) is 24.7 Å². The van der Waals surface area contributed by atoms with Gasteiger partial charge in [0.1, 0.15) is 0 Å². The van der Waals surface area contributed by atoms with Crippen molar-refractivity contribution in [2.24, 2.45) is 5.41 Å². The van der Waals surface area contributed by atoms with Crippen molar-refractivity contribution in [1.29, 1.82) is 0 Å². The molecule has 1 fully saturated rings. The fraction of sp³-hybridized carbons (Fsp3) is 0.667. The lowest BCUT2D eigenvalue weighted by Gasteiger charge is -2.35. The first-order valence-corrected chi connectivity index (χ1v) is 5.86. The highest BCUT2D eigenvalue weighted by molar-refractivity contribution is 5.39. The van der Waals surface area contributed by atoms with E-state index in [0.29, 0.717) is 11.5 Å². The molecule has 1 aliphatic rings. The fourth-order valence-electron chi connectivity index (χ4n) is 2.51. The molecule has 4 nitrogen and oxygen atoms in total. The Morgan fingerprint density at radius 3 is 3.06 bits per heavy atom. The normalized spacial score (nSPS) is 24.0. The molecule has 1 aliphatic carbocycles. The predicted octanol–water partition coefficient (Wildman–Crippen LogP) is 2.15. The number of hydrogen-bond donors (Lipinski definition) is 2. The molecule has 1 heterocycles. The molecule has 1 saturated carbocycles. The molecule has 0 aromatic carbocycles. The van der Waals surface area contributed by atoms with Gasteiger partial charge in [0.25, 0.3) is 5.56 Å². The Labute approximate surface area is 95.5 Å². The number of aromatic amines is 1. The van der Waals surface area contributed by atoms with E-state index in [2.05, 4.69) is 29.4 Å². The Morgan fingerprint density at radius 2 is 2.38 bits per heavy atom. The van der Waals surface area contributed by atoms with Crippen LogP contribution in [0.3, 0.4) is 0 Å². The van der Waals surface area contributed by atoms with Crippen molar-refractivity contribution in [1.82, 2.24) is 10.2 Å². The van der Waals surface area contributed by atoms with Crippen molar-refractivity contribution in [3.05, 3.63) is 22.6 Å². The van der Waals surface area contributed by atoms with Gasteiger partial charge in [0.15, 0.2) is 0 Å². The van der Waals surface area contributed by atoms with Crippen LogP contribution in [0.4, 0.5) is 5.69 Å². The second-order valence-electron chi connectivity index (χ2n) is 5.44. The number of aromatic nitrogens is 2. The molecule has 0 amide bonds. The SMILES string of the molecule is CC1(C)CCCC(Nc2cn[nH]c(=O)c2)C1. The van der Waals surface area contributed by atoms with E-state index in [-0.39, 0.29) is 5.56 Å². The zero-order chi connectivity index (χ0) is 11.6. The van der Waals surface area contributed by atoms with Crippen molar-refractivity contribution in [3.63, 3.8) is 0 Å². The highest BCUT2D eigenvalue weighted by Crippen LogP contribution is 2.36. The summed E-state index contributed by atoms with van der Waals surface area (Å²) in [6.07, 6.45) is 6.54. The summed E-state index contributed by atoms with van der Waals surface area (Å²) in [6.45, 7) is 4.60. The number of rotatable bonds is 2. The van der Waals surface area contributed by atoms with Gasteiger partial charge in [0.05, 0.1) is 11.9 Å². The van der Waals surface area contributed by atoms with Gasteiger partial charge in [-0.3, -0.25) is 4.79 Å². The second kappa shape index (κ2) is 4.28. The zero-order valence-electron chi connectivity index (χ0n) is 9.92. The maximum atomic E-state index is 11.1. The lowest BCUT2D eigenvalue weighted by Crippen LogP contribution is -2.32. The molecular weight excluding hydrogens is 202 g/mol. The summed E-state index contributed by atoms with van der Waals surface area (Å²) in [5.41, 5.74) is 1.08. The molecule has 0 saturated heterocycles. The number of anilines is 1. The highest BCUT2D eigenvalue weighted by atomic mass is 16.1. The highest BCUT2D eigenvalue weighted by Gasteiger charge is 2.27. The first kappa shape index (κ1) is 11.2. The van der Waals surface area contributed by atoms with Gasteiger partial charge in [0.2, 0.25) is 0 Å². The monoisotopic (exact) mass is 221 g/mol. The zero-order valence-corrected chi connectivity index (χ0v) is 9.92. The Kier molecular flexibility index (Phi) is 2.99. The Bertz CT molecular complexity index is 411. The van der Waals surface area contributed by atoms with Crippen molar-refractivity contribution in [2.45, 2.75) is 45.6 Å². The summed E-state index contributed by atoms with van der Waals surface area (Å²) in [7, 11) is 0. The molecule has 1 unspecified atom stereocenters. The second-order valence-corrected chi connectivity index (χ2v) is 5.44. The van der Waals surface area contributed by atoms with Crippen LogP contribution in [0.1, 0.15) is 39.5 Å². The topological polar surface area (TPSA) is 57.8 Å².